The van der Waals surface area contributed by atoms with Crippen LogP contribution in [0.1, 0.15) is 5.69 Å². The van der Waals surface area contributed by atoms with Crippen molar-refractivity contribution in [2.45, 2.75) is 6.92 Å². The van der Waals surface area contributed by atoms with E-state index in [-0.39, 0.29) is 22.4 Å². The lowest BCUT2D eigenvalue weighted by Crippen LogP contribution is -2.01. The molecule has 88 valence electrons. The van der Waals surface area contributed by atoms with E-state index in [1.165, 1.54) is 11.6 Å². The Morgan fingerprint density at radius 3 is 2.71 bits per heavy atom. The van der Waals surface area contributed by atoms with Gasteiger partial charge in [-0.05, 0) is 24.6 Å². The summed E-state index contributed by atoms with van der Waals surface area (Å²) in [5, 5.41) is 15.0. The first kappa shape index (κ1) is 11.5. The maximum absolute atomic E-state index is 11.0. The Kier molecular flexibility index (Phi) is 2.76. The van der Waals surface area contributed by atoms with Crippen LogP contribution in [0, 0.1) is 17.0 Å². The van der Waals surface area contributed by atoms with E-state index < -0.39 is 4.92 Å². The van der Waals surface area contributed by atoms with Gasteiger partial charge in [0.2, 0.25) is 5.28 Å². The second kappa shape index (κ2) is 4.10. The average molecular weight is 254 g/mol. The van der Waals surface area contributed by atoms with E-state index in [1.54, 1.807) is 19.3 Å². The molecule has 0 aliphatic heterocycles. The topological polar surface area (TPSA) is 86.7 Å². The highest BCUT2D eigenvalue weighted by Crippen LogP contribution is 2.29. The highest BCUT2D eigenvalue weighted by Gasteiger charge is 2.24. The molecule has 0 amide bonds. The Morgan fingerprint density at radius 1 is 1.47 bits per heavy atom. The quantitative estimate of drug-likeness (QED) is 0.462. The van der Waals surface area contributed by atoms with E-state index in [9.17, 15) is 10.1 Å². The summed E-state index contributed by atoms with van der Waals surface area (Å²) in [6, 6.07) is 1.63. The second-order valence-corrected chi connectivity index (χ2v) is 3.75. The minimum Gasteiger partial charge on any atom is -0.275 e. The number of aryl methyl sites for hydroxylation is 2. The monoisotopic (exact) mass is 253 g/mol. The van der Waals surface area contributed by atoms with Crippen LogP contribution in [0.2, 0.25) is 5.28 Å². The Labute approximate surface area is 101 Å². The largest absolute Gasteiger partial charge is 0.318 e. The predicted octanol–water partition coefficient (Wildman–Crippen LogP) is 1.75. The SMILES string of the molecule is Cc1nc(Cl)nc(-c2ccn(C)n2)c1[N+](=O)[O-]. The van der Waals surface area contributed by atoms with Gasteiger partial charge in [-0.25, -0.2) is 9.97 Å². The van der Waals surface area contributed by atoms with E-state index in [0.717, 1.165) is 0 Å². The van der Waals surface area contributed by atoms with Gasteiger partial charge in [-0.15, -0.1) is 0 Å². The van der Waals surface area contributed by atoms with Crippen molar-refractivity contribution in [1.82, 2.24) is 19.7 Å². The van der Waals surface area contributed by atoms with Gasteiger partial charge in [0.1, 0.15) is 11.4 Å². The molecule has 0 aromatic carbocycles. The fourth-order valence-corrected chi connectivity index (χ4v) is 1.68. The van der Waals surface area contributed by atoms with Gasteiger partial charge in [-0.3, -0.25) is 14.8 Å². The molecule has 2 rings (SSSR count). The molecule has 0 spiro atoms. The molecule has 0 atom stereocenters. The van der Waals surface area contributed by atoms with Gasteiger partial charge >= 0.3 is 5.69 Å². The summed E-state index contributed by atoms with van der Waals surface area (Å²) in [7, 11) is 1.71. The molecule has 0 N–H and O–H groups in total. The minimum absolute atomic E-state index is 0.0336. The van der Waals surface area contributed by atoms with Crippen LogP contribution >= 0.6 is 11.6 Å². The van der Waals surface area contributed by atoms with Gasteiger partial charge in [-0.2, -0.15) is 5.10 Å². The van der Waals surface area contributed by atoms with Crippen molar-refractivity contribution in [3.63, 3.8) is 0 Å². The molecule has 0 unspecified atom stereocenters. The van der Waals surface area contributed by atoms with Gasteiger partial charge in [0.25, 0.3) is 0 Å². The fraction of sp³-hybridized carbons (Fsp3) is 0.222. The zero-order chi connectivity index (χ0) is 12.6. The smallest absolute Gasteiger partial charge is 0.275 e. The van der Waals surface area contributed by atoms with Crippen molar-refractivity contribution >= 4 is 17.3 Å². The Hall–Kier alpha value is -2.02. The van der Waals surface area contributed by atoms with Gasteiger partial charge in [0.15, 0.2) is 5.69 Å². The number of hydrogen-bond donors (Lipinski definition) is 0. The summed E-state index contributed by atoms with van der Waals surface area (Å²) in [6.45, 7) is 1.51. The zero-order valence-electron chi connectivity index (χ0n) is 9.09. The molecule has 17 heavy (non-hydrogen) atoms. The van der Waals surface area contributed by atoms with Gasteiger partial charge in [0.05, 0.1) is 4.92 Å². The molecule has 0 aliphatic carbocycles. The zero-order valence-corrected chi connectivity index (χ0v) is 9.84. The van der Waals surface area contributed by atoms with Crippen LogP contribution in [0.15, 0.2) is 12.3 Å². The molecule has 0 fully saturated rings. The average Bonchev–Trinajstić information content (AvgIpc) is 2.62. The van der Waals surface area contributed by atoms with Crippen molar-refractivity contribution in [1.29, 1.82) is 0 Å². The second-order valence-electron chi connectivity index (χ2n) is 3.41. The molecular weight excluding hydrogens is 246 g/mol. The van der Waals surface area contributed by atoms with Gasteiger partial charge in [-0.1, -0.05) is 0 Å². The van der Waals surface area contributed by atoms with E-state index >= 15 is 0 Å². The lowest BCUT2D eigenvalue weighted by Gasteiger charge is -2.02. The fourth-order valence-electron chi connectivity index (χ4n) is 1.47. The molecule has 0 radical (unpaired) electrons. The van der Waals surface area contributed by atoms with Crippen molar-refractivity contribution < 1.29 is 4.92 Å². The van der Waals surface area contributed by atoms with Crippen LogP contribution < -0.4 is 0 Å². The Morgan fingerprint density at radius 2 is 2.18 bits per heavy atom. The maximum Gasteiger partial charge on any atom is 0.318 e. The number of nitro groups is 1. The molecule has 2 heterocycles. The third-order valence-electron chi connectivity index (χ3n) is 2.17. The molecule has 0 aliphatic rings. The molecule has 2 aromatic rings. The van der Waals surface area contributed by atoms with E-state index in [0.29, 0.717) is 5.69 Å². The maximum atomic E-state index is 11.0. The van der Waals surface area contributed by atoms with Gasteiger partial charge in [0, 0.05) is 13.2 Å². The lowest BCUT2D eigenvalue weighted by molar-refractivity contribution is -0.385. The lowest BCUT2D eigenvalue weighted by atomic mass is 10.2. The van der Waals surface area contributed by atoms with Crippen molar-refractivity contribution in [3.05, 3.63) is 33.4 Å². The number of hydrogen-bond acceptors (Lipinski definition) is 5. The minimum atomic E-state index is -0.532. The molecule has 2 aromatic heterocycles. The molecule has 0 saturated heterocycles. The summed E-state index contributed by atoms with van der Waals surface area (Å²) in [5.74, 6) is 0. The van der Waals surface area contributed by atoms with Gasteiger partial charge < -0.3 is 0 Å². The number of rotatable bonds is 2. The van der Waals surface area contributed by atoms with Crippen LogP contribution in [0.25, 0.3) is 11.4 Å². The third kappa shape index (κ3) is 2.09. The highest BCUT2D eigenvalue weighted by atomic mass is 35.5. The van der Waals surface area contributed by atoms with Crippen LogP contribution in [0.5, 0.6) is 0 Å². The number of halogens is 1. The summed E-state index contributed by atoms with van der Waals surface area (Å²) >= 11 is 5.70. The molecule has 0 bridgehead atoms. The van der Waals surface area contributed by atoms with Crippen molar-refractivity contribution in [2.75, 3.05) is 0 Å². The van der Waals surface area contributed by atoms with E-state index in [4.69, 9.17) is 11.6 Å². The Bertz CT molecular complexity index is 595. The molecular formula is C9H8ClN5O2. The van der Waals surface area contributed by atoms with Crippen LogP contribution in [-0.2, 0) is 7.05 Å². The molecule has 0 saturated carbocycles. The third-order valence-corrected chi connectivity index (χ3v) is 2.34. The van der Waals surface area contributed by atoms with Crippen molar-refractivity contribution in [2.24, 2.45) is 7.05 Å². The van der Waals surface area contributed by atoms with Crippen LogP contribution in [0.4, 0.5) is 5.69 Å². The predicted molar refractivity (Wildman–Crippen MR) is 60.6 cm³/mol. The Balaban J connectivity index is 2.71. The number of aromatic nitrogens is 4. The first-order valence-corrected chi connectivity index (χ1v) is 5.05. The summed E-state index contributed by atoms with van der Waals surface area (Å²) in [5.41, 5.74) is 0.573. The number of nitrogens with zero attached hydrogens (tertiary/aromatic N) is 5. The summed E-state index contributed by atoms with van der Waals surface area (Å²) in [4.78, 5) is 18.1. The summed E-state index contributed by atoms with van der Waals surface area (Å²) < 4.78 is 1.53. The highest BCUT2D eigenvalue weighted by molar-refractivity contribution is 6.28. The van der Waals surface area contributed by atoms with Crippen LogP contribution in [-0.4, -0.2) is 24.7 Å². The standard InChI is InChI=1S/C9H8ClN5O2/c1-5-8(15(16)17)7(12-9(10)11-5)6-3-4-14(2)13-6/h3-4H,1-2H3. The first-order chi connectivity index (χ1) is 7.99. The molecule has 7 nitrogen and oxygen atoms in total. The van der Waals surface area contributed by atoms with E-state index in [2.05, 4.69) is 15.1 Å². The normalized spacial score (nSPS) is 10.5. The molecule has 8 heteroatoms. The van der Waals surface area contributed by atoms with Crippen molar-refractivity contribution in [3.8, 4) is 11.4 Å². The van der Waals surface area contributed by atoms with E-state index in [1.807, 2.05) is 0 Å². The first-order valence-electron chi connectivity index (χ1n) is 4.67. The summed E-state index contributed by atoms with van der Waals surface area (Å²) in [6.07, 6.45) is 1.67. The van der Waals surface area contributed by atoms with Crippen LogP contribution in [0.3, 0.4) is 0 Å².